The molecule has 0 aliphatic rings. The van der Waals surface area contributed by atoms with Gasteiger partial charge in [0.05, 0.1) is 17.9 Å². The van der Waals surface area contributed by atoms with E-state index in [1.54, 1.807) is 12.3 Å². The lowest BCUT2D eigenvalue weighted by Gasteiger charge is -2.12. The summed E-state index contributed by atoms with van der Waals surface area (Å²) < 4.78 is 14.4. The number of rotatable bonds is 5. The first-order valence-corrected chi connectivity index (χ1v) is 5.68. The van der Waals surface area contributed by atoms with E-state index in [2.05, 4.69) is 4.37 Å². The fourth-order valence-corrected chi connectivity index (χ4v) is 1.73. The first-order valence-electron chi connectivity index (χ1n) is 4.84. The fraction of sp³-hybridized carbons (Fsp3) is 0.600. The van der Waals surface area contributed by atoms with E-state index in [1.807, 2.05) is 13.8 Å². The van der Waals surface area contributed by atoms with Gasteiger partial charge in [0, 0.05) is 12.0 Å². The lowest BCUT2D eigenvalue weighted by molar-refractivity contribution is 0.00436. The molecule has 4 nitrogen and oxygen atoms in total. The zero-order chi connectivity index (χ0) is 11.3. The second-order valence-electron chi connectivity index (χ2n) is 3.19. The number of carbonyl (C=O) groups excluding carboxylic acids is 1. The van der Waals surface area contributed by atoms with Crippen molar-refractivity contribution in [3.8, 4) is 0 Å². The highest BCUT2D eigenvalue weighted by Crippen LogP contribution is 2.11. The summed E-state index contributed by atoms with van der Waals surface area (Å²) in [6.07, 6.45) is -0.225. The van der Waals surface area contributed by atoms with E-state index in [4.69, 9.17) is 9.47 Å². The number of esters is 1. The van der Waals surface area contributed by atoms with E-state index >= 15 is 0 Å². The molecule has 0 saturated carbocycles. The highest BCUT2D eigenvalue weighted by atomic mass is 32.1. The second kappa shape index (κ2) is 5.82. The Bertz CT molecular complexity index is 324. The van der Waals surface area contributed by atoms with Crippen LogP contribution in [0.5, 0.6) is 0 Å². The van der Waals surface area contributed by atoms with Crippen molar-refractivity contribution in [1.29, 1.82) is 0 Å². The number of hydrogen-bond donors (Lipinski definition) is 0. The van der Waals surface area contributed by atoms with Crippen LogP contribution < -0.4 is 0 Å². The summed E-state index contributed by atoms with van der Waals surface area (Å²) in [5.41, 5.74) is 1.26. The second-order valence-corrected chi connectivity index (χ2v) is 3.82. The van der Waals surface area contributed by atoms with Crippen molar-refractivity contribution in [1.82, 2.24) is 4.37 Å². The molecular formula is C10H15NO3S. The molecule has 0 aliphatic heterocycles. The quantitative estimate of drug-likeness (QED) is 0.725. The number of aryl methyl sites for hydroxylation is 1. The average molecular weight is 229 g/mol. The number of hydrogen-bond acceptors (Lipinski definition) is 5. The Morgan fingerprint density at radius 1 is 1.67 bits per heavy atom. The lowest BCUT2D eigenvalue weighted by Crippen LogP contribution is -2.20. The van der Waals surface area contributed by atoms with E-state index in [9.17, 15) is 4.79 Å². The van der Waals surface area contributed by atoms with E-state index in [1.165, 1.54) is 11.5 Å². The number of aromatic nitrogens is 1. The molecule has 1 rings (SSSR count). The van der Waals surface area contributed by atoms with E-state index in [0.29, 0.717) is 24.5 Å². The molecule has 0 spiro atoms. The molecule has 0 unspecified atom stereocenters. The van der Waals surface area contributed by atoms with Crippen LogP contribution >= 0.6 is 11.5 Å². The molecule has 5 heteroatoms. The Morgan fingerprint density at radius 2 is 2.40 bits per heavy atom. The summed E-state index contributed by atoms with van der Waals surface area (Å²) in [5, 5.41) is 1.70. The lowest BCUT2D eigenvalue weighted by atomic mass is 10.3. The standard InChI is InChI=1S/C10H15NO3S/c1-4-13-5-7(2)14-10(12)9-6-15-11-8(9)3/h6-7H,4-5H2,1-3H3/t7-/m0/s1. The molecule has 1 aromatic rings. The topological polar surface area (TPSA) is 48.4 Å². The van der Waals surface area contributed by atoms with Gasteiger partial charge >= 0.3 is 5.97 Å². The minimum atomic E-state index is -0.326. The van der Waals surface area contributed by atoms with Crippen molar-refractivity contribution in [3.63, 3.8) is 0 Å². The van der Waals surface area contributed by atoms with Crippen LogP contribution in [0.4, 0.5) is 0 Å². The zero-order valence-corrected chi connectivity index (χ0v) is 9.97. The Kier molecular flexibility index (Phi) is 4.71. The molecule has 0 amide bonds. The van der Waals surface area contributed by atoms with Crippen LogP contribution in [0, 0.1) is 6.92 Å². The van der Waals surface area contributed by atoms with Gasteiger partial charge in [-0.15, -0.1) is 0 Å². The van der Waals surface area contributed by atoms with Crippen LogP contribution in [0.1, 0.15) is 29.9 Å². The monoisotopic (exact) mass is 229 g/mol. The van der Waals surface area contributed by atoms with Gasteiger partial charge in [-0.05, 0) is 32.3 Å². The van der Waals surface area contributed by atoms with Gasteiger partial charge in [0.1, 0.15) is 6.10 Å². The molecule has 1 heterocycles. The molecule has 0 saturated heterocycles. The van der Waals surface area contributed by atoms with Crippen LogP contribution in [0.3, 0.4) is 0 Å². The van der Waals surface area contributed by atoms with Crippen molar-refractivity contribution >= 4 is 17.5 Å². The Morgan fingerprint density at radius 3 is 2.93 bits per heavy atom. The third-order valence-corrected chi connectivity index (χ3v) is 2.56. The largest absolute Gasteiger partial charge is 0.457 e. The first-order chi connectivity index (χ1) is 7.15. The number of nitrogens with zero attached hydrogens (tertiary/aromatic N) is 1. The molecule has 15 heavy (non-hydrogen) atoms. The minimum absolute atomic E-state index is 0.225. The van der Waals surface area contributed by atoms with Crippen LogP contribution in [0.2, 0.25) is 0 Å². The van der Waals surface area contributed by atoms with E-state index in [0.717, 1.165) is 0 Å². The Balaban J connectivity index is 2.46. The van der Waals surface area contributed by atoms with Crippen molar-refractivity contribution < 1.29 is 14.3 Å². The number of ether oxygens (including phenoxy) is 2. The maximum atomic E-state index is 11.6. The van der Waals surface area contributed by atoms with E-state index in [-0.39, 0.29) is 12.1 Å². The molecule has 0 aromatic carbocycles. The van der Waals surface area contributed by atoms with Gasteiger partial charge in [-0.25, -0.2) is 4.79 Å². The van der Waals surface area contributed by atoms with Crippen molar-refractivity contribution in [2.24, 2.45) is 0 Å². The third kappa shape index (κ3) is 3.60. The predicted molar refractivity (Wildman–Crippen MR) is 58.2 cm³/mol. The van der Waals surface area contributed by atoms with Crippen LogP contribution in [0.15, 0.2) is 5.38 Å². The predicted octanol–water partition coefficient (Wildman–Crippen LogP) is 2.03. The zero-order valence-electron chi connectivity index (χ0n) is 9.15. The normalized spacial score (nSPS) is 12.5. The minimum Gasteiger partial charge on any atom is -0.457 e. The van der Waals surface area contributed by atoms with Gasteiger partial charge in [0.2, 0.25) is 0 Å². The van der Waals surface area contributed by atoms with Gasteiger partial charge in [-0.3, -0.25) is 0 Å². The summed E-state index contributed by atoms with van der Waals surface area (Å²) in [7, 11) is 0. The Labute approximate surface area is 93.4 Å². The van der Waals surface area contributed by atoms with Crippen LogP contribution in [-0.2, 0) is 9.47 Å². The van der Waals surface area contributed by atoms with Crippen LogP contribution in [-0.4, -0.2) is 29.7 Å². The average Bonchev–Trinajstić information content (AvgIpc) is 2.61. The summed E-state index contributed by atoms with van der Waals surface area (Å²) >= 11 is 1.26. The Hall–Kier alpha value is -0.940. The third-order valence-electron chi connectivity index (χ3n) is 1.83. The van der Waals surface area contributed by atoms with Gasteiger partial charge in [-0.2, -0.15) is 4.37 Å². The molecule has 0 radical (unpaired) electrons. The molecule has 0 bridgehead atoms. The van der Waals surface area contributed by atoms with Crippen molar-refractivity contribution in [2.75, 3.05) is 13.2 Å². The van der Waals surface area contributed by atoms with Gasteiger partial charge < -0.3 is 9.47 Å². The summed E-state index contributed by atoms with van der Waals surface area (Å²) in [6, 6.07) is 0. The van der Waals surface area contributed by atoms with Gasteiger partial charge in [0.25, 0.3) is 0 Å². The molecule has 0 fully saturated rings. The summed E-state index contributed by atoms with van der Waals surface area (Å²) in [6.45, 7) is 6.56. The van der Waals surface area contributed by atoms with Crippen molar-refractivity contribution in [2.45, 2.75) is 26.9 Å². The van der Waals surface area contributed by atoms with E-state index < -0.39 is 0 Å². The number of carbonyl (C=O) groups is 1. The highest BCUT2D eigenvalue weighted by molar-refractivity contribution is 7.03. The van der Waals surface area contributed by atoms with Crippen LogP contribution in [0.25, 0.3) is 0 Å². The molecular weight excluding hydrogens is 214 g/mol. The maximum absolute atomic E-state index is 11.6. The smallest absolute Gasteiger partial charge is 0.341 e. The SMILES string of the molecule is CCOC[C@H](C)OC(=O)c1csnc1C. The fourth-order valence-electron chi connectivity index (χ4n) is 1.05. The first kappa shape index (κ1) is 12.1. The molecule has 84 valence electrons. The molecule has 1 aromatic heterocycles. The molecule has 0 N–H and O–H groups in total. The summed E-state index contributed by atoms with van der Waals surface area (Å²) in [4.78, 5) is 11.6. The van der Waals surface area contributed by atoms with Gasteiger partial charge in [-0.1, -0.05) is 0 Å². The molecule has 1 atom stereocenters. The van der Waals surface area contributed by atoms with Gasteiger partial charge in [0.15, 0.2) is 0 Å². The highest BCUT2D eigenvalue weighted by Gasteiger charge is 2.15. The molecule has 0 aliphatic carbocycles. The summed E-state index contributed by atoms with van der Waals surface area (Å²) in [5.74, 6) is -0.326. The van der Waals surface area contributed by atoms with Crippen molar-refractivity contribution in [3.05, 3.63) is 16.6 Å². The maximum Gasteiger partial charge on any atom is 0.341 e.